The largest absolute Gasteiger partial charge is 0.481 e. The van der Waals surface area contributed by atoms with Gasteiger partial charge in [-0.05, 0) is 49.2 Å². The molecule has 1 aliphatic rings. The van der Waals surface area contributed by atoms with Crippen molar-refractivity contribution in [3.63, 3.8) is 0 Å². The van der Waals surface area contributed by atoms with E-state index in [1.807, 2.05) is 24.3 Å². The van der Waals surface area contributed by atoms with Crippen LogP contribution in [0.15, 0.2) is 60.9 Å². The molecule has 0 spiro atoms. The van der Waals surface area contributed by atoms with Crippen molar-refractivity contribution in [2.24, 2.45) is 0 Å². The van der Waals surface area contributed by atoms with Crippen molar-refractivity contribution in [2.45, 2.75) is 18.8 Å². The Hall–Kier alpha value is -3.78. The molecule has 0 aliphatic heterocycles. The van der Waals surface area contributed by atoms with E-state index >= 15 is 0 Å². The van der Waals surface area contributed by atoms with Gasteiger partial charge in [0.2, 0.25) is 5.88 Å². The fraction of sp³-hybridized carbons (Fsp3) is 0.167. The Bertz CT molecular complexity index is 1430. The number of anilines is 4. The summed E-state index contributed by atoms with van der Waals surface area (Å²) < 4.78 is 6.33. The molecule has 8 heteroatoms. The first-order valence-electron chi connectivity index (χ1n) is 10.5. The molecular formula is C24H20N6OS. The molecule has 4 heterocycles. The van der Waals surface area contributed by atoms with Crippen LogP contribution in [0.2, 0.25) is 0 Å². The SMILES string of the molecule is COc1ccc(Nc2cc3ncccc3c(Nc3ccc4nc(C5CC5)sc4c3)n2)cn1. The molecule has 4 aromatic heterocycles. The standard InChI is InChI=1S/C24H20N6OS/c1-31-22-9-7-16(13-26-22)27-21-12-19-17(3-2-10-25-19)23(30-21)28-15-6-8-18-20(11-15)32-24(29-18)14-4-5-14/h2-3,6-14H,4-5H2,1H3,(H2,27,28,30). The second-order valence-corrected chi connectivity index (χ2v) is 8.84. The van der Waals surface area contributed by atoms with Crippen LogP contribution in [0.4, 0.5) is 23.0 Å². The number of thiazole rings is 1. The maximum absolute atomic E-state index is 5.13. The van der Waals surface area contributed by atoms with Gasteiger partial charge in [-0.3, -0.25) is 4.98 Å². The molecule has 0 atom stereocenters. The van der Waals surface area contributed by atoms with Crippen molar-refractivity contribution >= 4 is 55.5 Å². The van der Waals surface area contributed by atoms with E-state index in [4.69, 9.17) is 14.7 Å². The van der Waals surface area contributed by atoms with Gasteiger partial charge in [0.05, 0.1) is 39.7 Å². The first-order chi connectivity index (χ1) is 15.7. The number of ether oxygens (including phenoxy) is 1. The van der Waals surface area contributed by atoms with Crippen molar-refractivity contribution in [1.29, 1.82) is 0 Å². The zero-order valence-electron chi connectivity index (χ0n) is 17.4. The predicted octanol–water partition coefficient (Wildman–Crippen LogP) is 6.01. The van der Waals surface area contributed by atoms with E-state index < -0.39 is 0 Å². The van der Waals surface area contributed by atoms with Crippen LogP contribution >= 0.6 is 11.3 Å². The minimum atomic E-state index is 0.564. The number of nitrogens with zero attached hydrogens (tertiary/aromatic N) is 4. The highest BCUT2D eigenvalue weighted by molar-refractivity contribution is 7.18. The predicted molar refractivity (Wildman–Crippen MR) is 128 cm³/mol. The van der Waals surface area contributed by atoms with Crippen LogP contribution in [-0.4, -0.2) is 27.0 Å². The minimum Gasteiger partial charge on any atom is -0.481 e. The molecule has 0 amide bonds. The van der Waals surface area contributed by atoms with E-state index in [-0.39, 0.29) is 0 Å². The smallest absolute Gasteiger partial charge is 0.213 e. The van der Waals surface area contributed by atoms with Crippen LogP contribution in [0.3, 0.4) is 0 Å². The van der Waals surface area contributed by atoms with Crippen LogP contribution in [-0.2, 0) is 0 Å². The summed E-state index contributed by atoms with van der Waals surface area (Å²) in [4.78, 5) is 18.4. The molecule has 1 saturated carbocycles. The first-order valence-corrected chi connectivity index (χ1v) is 11.3. The Morgan fingerprint density at radius 3 is 2.66 bits per heavy atom. The Balaban J connectivity index is 1.34. The molecule has 0 radical (unpaired) electrons. The van der Waals surface area contributed by atoms with E-state index in [1.54, 1.807) is 36.9 Å². The van der Waals surface area contributed by atoms with Gasteiger partial charge < -0.3 is 15.4 Å². The van der Waals surface area contributed by atoms with Crippen LogP contribution in [0.1, 0.15) is 23.8 Å². The monoisotopic (exact) mass is 440 g/mol. The van der Waals surface area contributed by atoms with Crippen molar-refractivity contribution in [2.75, 3.05) is 17.7 Å². The van der Waals surface area contributed by atoms with Gasteiger partial charge in [-0.25, -0.2) is 15.0 Å². The molecule has 1 aromatic carbocycles. The van der Waals surface area contributed by atoms with Gasteiger partial charge in [-0.2, -0.15) is 0 Å². The summed E-state index contributed by atoms with van der Waals surface area (Å²) in [6.45, 7) is 0. The Labute approximate surface area is 188 Å². The molecule has 158 valence electrons. The summed E-state index contributed by atoms with van der Waals surface area (Å²) in [5.74, 6) is 2.65. The second-order valence-electron chi connectivity index (χ2n) is 7.77. The number of benzene rings is 1. The summed E-state index contributed by atoms with van der Waals surface area (Å²) >= 11 is 1.79. The van der Waals surface area contributed by atoms with Gasteiger partial charge in [0.25, 0.3) is 0 Å². The maximum Gasteiger partial charge on any atom is 0.213 e. The summed E-state index contributed by atoms with van der Waals surface area (Å²) in [6, 6.07) is 15.9. The number of aromatic nitrogens is 4. The van der Waals surface area contributed by atoms with Gasteiger partial charge in [0, 0.05) is 35.3 Å². The van der Waals surface area contributed by atoms with Gasteiger partial charge in [0.15, 0.2) is 0 Å². The van der Waals surface area contributed by atoms with Crippen LogP contribution in [0.25, 0.3) is 21.1 Å². The first kappa shape index (κ1) is 18.9. The highest BCUT2D eigenvalue weighted by Gasteiger charge is 2.27. The molecule has 2 N–H and O–H groups in total. The van der Waals surface area contributed by atoms with Crippen LogP contribution in [0, 0.1) is 0 Å². The number of methoxy groups -OCH3 is 1. The fourth-order valence-electron chi connectivity index (χ4n) is 3.62. The zero-order chi connectivity index (χ0) is 21.5. The highest BCUT2D eigenvalue weighted by atomic mass is 32.1. The van der Waals surface area contributed by atoms with Gasteiger partial charge in [0.1, 0.15) is 11.6 Å². The van der Waals surface area contributed by atoms with Gasteiger partial charge >= 0.3 is 0 Å². The summed E-state index contributed by atoms with van der Waals surface area (Å²) in [7, 11) is 1.60. The third-order valence-corrected chi connectivity index (χ3v) is 6.59. The molecule has 0 bridgehead atoms. The lowest BCUT2D eigenvalue weighted by Gasteiger charge is -2.12. The zero-order valence-corrected chi connectivity index (χ0v) is 18.2. The summed E-state index contributed by atoms with van der Waals surface area (Å²) in [5.41, 5.74) is 3.70. The molecule has 7 nitrogen and oxygen atoms in total. The van der Waals surface area contributed by atoms with Crippen molar-refractivity contribution in [1.82, 2.24) is 19.9 Å². The fourth-order valence-corrected chi connectivity index (χ4v) is 4.80. The molecule has 1 fully saturated rings. The number of hydrogen-bond donors (Lipinski definition) is 2. The molecular weight excluding hydrogens is 420 g/mol. The number of pyridine rings is 3. The molecule has 1 aliphatic carbocycles. The summed E-state index contributed by atoms with van der Waals surface area (Å²) in [5, 5.41) is 9.01. The third-order valence-electron chi connectivity index (χ3n) is 5.41. The summed E-state index contributed by atoms with van der Waals surface area (Å²) in [6.07, 6.45) is 6.02. The number of nitrogens with one attached hydrogen (secondary N) is 2. The second kappa shape index (κ2) is 7.72. The quantitative estimate of drug-likeness (QED) is 0.334. The van der Waals surface area contributed by atoms with E-state index in [2.05, 4.69) is 38.8 Å². The molecule has 6 rings (SSSR count). The third kappa shape index (κ3) is 3.69. The Morgan fingerprint density at radius 2 is 1.84 bits per heavy atom. The average molecular weight is 441 g/mol. The van der Waals surface area contributed by atoms with Crippen LogP contribution in [0.5, 0.6) is 5.88 Å². The van der Waals surface area contributed by atoms with E-state index in [0.29, 0.717) is 17.6 Å². The van der Waals surface area contributed by atoms with Crippen molar-refractivity contribution in [3.8, 4) is 5.88 Å². The molecule has 32 heavy (non-hydrogen) atoms. The molecule has 0 unspecified atom stereocenters. The van der Waals surface area contributed by atoms with Crippen molar-refractivity contribution < 1.29 is 4.74 Å². The van der Waals surface area contributed by atoms with E-state index in [0.717, 1.165) is 33.6 Å². The number of fused-ring (bicyclic) bond motifs is 2. The normalized spacial score (nSPS) is 13.4. The molecule has 0 saturated heterocycles. The van der Waals surface area contributed by atoms with Gasteiger partial charge in [-0.15, -0.1) is 11.3 Å². The topological polar surface area (TPSA) is 84.9 Å². The molecule has 5 aromatic rings. The average Bonchev–Trinajstić information content (AvgIpc) is 3.59. The van der Waals surface area contributed by atoms with Gasteiger partial charge in [-0.1, -0.05) is 0 Å². The minimum absolute atomic E-state index is 0.564. The van der Waals surface area contributed by atoms with E-state index in [9.17, 15) is 0 Å². The number of hydrogen-bond acceptors (Lipinski definition) is 8. The van der Waals surface area contributed by atoms with Crippen molar-refractivity contribution in [3.05, 3.63) is 65.9 Å². The lowest BCUT2D eigenvalue weighted by Crippen LogP contribution is -2.00. The Morgan fingerprint density at radius 1 is 0.938 bits per heavy atom. The highest BCUT2D eigenvalue weighted by Crippen LogP contribution is 2.43. The van der Waals surface area contributed by atoms with E-state index in [1.165, 1.54) is 22.5 Å². The number of rotatable bonds is 6. The Kier molecular flexibility index (Phi) is 4.57. The lowest BCUT2D eigenvalue weighted by atomic mass is 10.2. The maximum atomic E-state index is 5.13. The van der Waals surface area contributed by atoms with Crippen LogP contribution < -0.4 is 15.4 Å². The lowest BCUT2D eigenvalue weighted by molar-refractivity contribution is 0.398.